The molecule has 5 heteroatoms. The van der Waals surface area contributed by atoms with Crippen LogP contribution in [0.3, 0.4) is 0 Å². The molecule has 1 saturated carbocycles. The lowest BCUT2D eigenvalue weighted by Crippen LogP contribution is -2.46. The fourth-order valence-electron chi connectivity index (χ4n) is 5.73. The number of benzene rings is 2. The van der Waals surface area contributed by atoms with Gasteiger partial charge < -0.3 is 10.1 Å². The van der Waals surface area contributed by atoms with Crippen molar-refractivity contribution in [2.75, 3.05) is 13.6 Å². The highest BCUT2D eigenvalue weighted by atomic mass is 35.5. The van der Waals surface area contributed by atoms with Gasteiger partial charge in [-0.2, -0.15) is 0 Å². The molecule has 1 heterocycles. The standard InChI is InChI=1S/C24H33ClN2O.C6H5Cl.C2H6/c1-6-24(14-28)10-9-18(11-21(24)16(3)26-5)20-8-7-19(12-22(20)25)23-15(2)13-27-17(23)4;7-6-4-2-1-3-5-6;1-2/h7-8,12,14,16,18,21,26H,6,9-11,13H2,1-5H3;1-5H;1-2H3. The number of aliphatic imine (C=N–C) groups is 1. The third kappa shape index (κ3) is 7.56. The second-order valence-electron chi connectivity index (χ2n) is 9.95. The minimum absolute atomic E-state index is 0.218. The van der Waals surface area contributed by atoms with Crippen molar-refractivity contribution in [2.24, 2.45) is 16.3 Å². The Morgan fingerprint density at radius 1 is 1.14 bits per heavy atom. The number of aldehydes is 1. The van der Waals surface area contributed by atoms with E-state index in [4.69, 9.17) is 23.2 Å². The Bertz CT molecular complexity index is 1080. The van der Waals surface area contributed by atoms with Crippen molar-refractivity contribution >= 4 is 40.8 Å². The van der Waals surface area contributed by atoms with Crippen molar-refractivity contribution in [3.63, 3.8) is 0 Å². The van der Waals surface area contributed by atoms with Crippen LogP contribution in [0, 0.1) is 11.3 Å². The van der Waals surface area contributed by atoms with E-state index in [0.717, 1.165) is 53.5 Å². The highest BCUT2D eigenvalue weighted by Gasteiger charge is 2.45. The van der Waals surface area contributed by atoms with Crippen molar-refractivity contribution < 1.29 is 4.79 Å². The van der Waals surface area contributed by atoms with Gasteiger partial charge in [0.15, 0.2) is 0 Å². The van der Waals surface area contributed by atoms with Crippen LogP contribution in [0.25, 0.3) is 5.57 Å². The second-order valence-corrected chi connectivity index (χ2v) is 10.8. The zero-order chi connectivity index (χ0) is 27.6. The fourth-order valence-corrected chi connectivity index (χ4v) is 6.21. The number of carbonyl (C=O) groups excluding carboxylic acids is 1. The smallest absolute Gasteiger partial charge is 0.126 e. The maximum Gasteiger partial charge on any atom is 0.126 e. The predicted molar refractivity (Wildman–Crippen MR) is 162 cm³/mol. The third-order valence-corrected chi connectivity index (χ3v) is 8.57. The minimum Gasteiger partial charge on any atom is -0.317 e. The number of allylic oxidation sites excluding steroid dienone is 1. The monoisotopic (exact) mass is 542 g/mol. The maximum absolute atomic E-state index is 12.0. The van der Waals surface area contributed by atoms with Gasteiger partial charge in [0.05, 0.1) is 6.54 Å². The van der Waals surface area contributed by atoms with Crippen molar-refractivity contribution in [3.8, 4) is 0 Å². The Morgan fingerprint density at radius 3 is 2.27 bits per heavy atom. The number of carbonyl (C=O) groups is 1. The van der Waals surface area contributed by atoms with Gasteiger partial charge >= 0.3 is 0 Å². The molecule has 3 nitrogen and oxygen atoms in total. The highest BCUT2D eigenvalue weighted by Crippen LogP contribution is 2.50. The summed E-state index contributed by atoms with van der Waals surface area (Å²) >= 11 is 12.3. The Kier molecular flexibility index (Phi) is 12.6. The number of nitrogens with zero attached hydrogens (tertiary/aromatic N) is 1. The molecular formula is C32H44Cl2N2O. The van der Waals surface area contributed by atoms with E-state index in [1.807, 2.05) is 51.2 Å². The lowest BCUT2D eigenvalue weighted by Gasteiger charge is -2.46. The summed E-state index contributed by atoms with van der Waals surface area (Å²) in [4.78, 5) is 16.6. The highest BCUT2D eigenvalue weighted by molar-refractivity contribution is 6.32. The first kappa shape index (κ1) is 31.3. The van der Waals surface area contributed by atoms with Crippen molar-refractivity contribution in [3.05, 3.63) is 75.3 Å². The molecule has 1 aliphatic carbocycles. The molecule has 4 rings (SSSR count). The Morgan fingerprint density at radius 2 is 1.81 bits per heavy atom. The number of nitrogens with one attached hydrogen (secondary N) is 1. The summed E-state index contributed by atoms with van der Waals surface area (Å²) < 4.78 is 0. The predicted octanol–water partition coefficient (Wildman–Crippen LogP) is 9.04. The summed E-state index contributed by atoms with van der Waals surface area (Å²) in [6, 6.07) is 16.3. The average Bonchev–Trinajstić information content (AvgIpc) is 3.27. The van der Waals surface area contributed by atoms with Crippen LogP contribution in [0.15, 0.2) is 59.1 Å². The topological polar surface area (TPSA) is 41.5 Å². The molecule has 1 N–H and O–H groups in total. The van der Waals surface area contributed by atoms with Gasteiger partial charge in [0, 0.05) is 32.8 Å². The molecule has 1 aliphatic heterocycles. The lowest BCUT2D eigenvalue weighted by molar-refractivity contribution is -0.122. The van der Waals surface area contributed by atoms with Crippen LogP contribution in [0.2, 0.25) is 10.0 Å². The second kappa shape index (κ2) is 14.9. The van der Waals surface area contributed by atoms with Crippen LogP contribution in [0.1, 0.15) is 84.3 Å². The summed E-state index contributed by atoms with van der Waals surface area (Å²) in [6.45, 7) is 13.3. The quantitative estimate of drug-likeness (QED) is 0.369. The molecule has 0 bridgehead atoms. The molecule has 2 aromatic rings. The van der Waals surface area contributed by atoms with Gasteiger partial charge in [-0.15, -0.1) is 0 Å². The van der Waals surface area contributed by atoms with Gasteiger partial charge in [-0.05, 0) is 100 Å². The van der Waals surface area contributed by atoms with E-state index in [9.17, 15) is 4.79 Å². The third-order valence-electron chi connectivity index (χ3n) is 7.99. The van der Waals surface area contributed by atoms with Crippen LogP contribution in [0.4, 0.5) is 0 Å². The van der Waals surface area contributed by atoms with E-state index < -0.39 is 0 Å². The largest absolute Gasteiger partial charge is 0.317 e. The molecule has 0 radical (unpaired) electrons. The molecule has 202 valence electrons. The van der Waals surface area contributed by atoms with Crippen molar-refractivity contribution in [2.45, 2.75) is 79.2 Å². The molecule has 0 spiro atoms. The lowest BCUT2D eigenvalue weighted by atomic mass is 9.59. The van der Waals surface area contributed by atoms with Crippen molar-refractivity contribution in [1.29, 1.82) is 0 Å². The molecule has 0 amide bonds. The Hall–Kier alpha value is -1.94. The van der Waals surface area contributed by atoms with Crippen LogP contribution in [-0.2, 0) is 4.79 Å². The first-order valence-electron chi connectivity index (χ1n) is 13.6. The Balaban J connectivity index is 0.000000455. The molecule has 37 heavy (non-hydrogen) atoms. The van der Waals surface area contributed by atoms with E-state index >= 15 is 0 Å². The SMILES string of the molecule is CC.CCC1(C=O)CCC(c2ccc(C3=C(C)CN=C3C)cc2Cl)CC1C(C)NC.Clc1ccccc1. The van der Waals surface area contributed by atoms with Crippen LogP contribution in [0.5, 0.6) is 0 Å². The van der Waals surface area contributed by atoms with E-state index in [1.165, 1.54) is 23.0 Å². The Labute approximate surface area is 234 Å². The molecule has 1 fully saturated rings. The zero-order valence-corrected chi connectivity index (χ0v) is 25.1. The molecule has 4 unspecified atom stereocenters. The van der Waals surface area contributed by atoms with E-state index in [1.54, 1.807) is 0 Å². The van der Waals surface area contributed by atoms with Gasteiger partial charge in [0.25, 0.3) is 0 Å². The molecule has 0 aromatic heterocycles. The average molecular weight is 544 g/mol. The van der Waals surface area contributed by atoms with Gasteiger partial charge in [-0.25, -0.2) is 0 Å². The van der Waals surface area contributed by atoms with Crippen LogP contribution < -0.4 is 5.32 Å². The summed E-state index contributed by atoms with van der Waals surface area (Å²) in [7, 11) is 1.99. The van der Waals surface area contributed by atoms with Crippen LogP contribution >= 0.6 is 23.2 Å². The summed E-state index contributed by atoms with van der Waals surface area (Å²) in [6.07, 6.45) is 5.07. The number of halogens is 2. The number of hydrogen-bond donors (Lipinski definition) is 1. The summed E-state index contributed by atoms with van der Waals surface area (Å²) in [5.74, 6) is 0.721. The normalized spacial score (nSPS) is 23.8. The van der Waals surface area contributed by atoms with Crippen LogP contribution in [-0.4, -0.2) is 31.6 Å². The number of hydrogen-bond acceptors (Lipinski definition) is 3. The van der Waals surface area contributed by atoms with E-state index in [-0.39, 0.29) is 5.41 Å². The molecular weight excluding hydrogens is 499 g/mol. The van der Waals surface area contributed by atoms with Crippen molar-refractivity contribution in [1.82, 2.24) is 5.32 Å². The maximum atomic E-state index is 12.0. The molecule has 2 aromatic carbocycles. The summed E-state index contributed by atoms with van der Waals surface area (Å²) in [5, 5.41) is 5.02. The van der Waals surface area contributed by atoms with Gasteiger partial charge in [-0.3, -0.25) is 4.99 Å². The molecule has 2 aliphatic rings. The van der Waals surface area contributed by atoms with Gasteiger partial charge in [-0.1, -0.05) is 74.3 Å². The fraction of sp³-hybridized carbons (Fsp3) is 0.500. The molecule has 0 saturated heterocycles. The van der Waals surface area contributed by atoms with Gasteiger partial charge in [0.2, 0.25) is 0 Å². The first-order valence-corrected chi connectivity index (χ1v) is 14.4. The van der Waals surface area contributed by atoms with E-state index in [2.05, 4.69) is 56.2 Å². The summed E-state index contributed by atoms with van der Waals surface area (Å²) in [5.41, 5.74) is 5.81. The van der Waals surface area contributed by atoms with E-state index in [0.29, 0.717) is 17.9 Å². The number of rotatable bonds is 6. The first-order chi connectivity index (χ1) is 17.8. The minimum atomic E-state index is -0.218. The molecule has 4 atom stereocenters. The zero-order valence-electron chi connectivity index (χ0n) is 23.6. The van der Waals surface area contributed by atoms with Gasteiger partial charge in [0.1, 0.15) is 6.29 Å².